The van der Waals surface area contributed by atoms with Crippen LogP contribution in [0.1, 0.15) is 38.5 Å². The van der Waals surface area contributed by atoms with Crippen LogP contribution in [0.15, 0.2) is 59.2 Å². The van der Waals surface area contributed by atoms with E-state index in [1.54, 1.807) is 36.4 Å². The first-order chi connectivity index (χ1) is 13.5. The molecule has 2 aromatic carbocycles. The SMILES string of the molecule is Cc1ccc(C(=O)N2CCCc3cccc(F)c32)cc1NC(=O)c1ccco1. The Labute approximate surface area is 161 Å². The summed E-state index contributed by atoms with van der Waals surface area (Å²) in [6, 6.07) is 13.1. The van der Waals surface area contributed by atoms with E-state index < -0.39 is 11.7 Å². The average molecular weight is 378 g/mol. The van der Waals surface area contributed by atoms with Gasteiger partial charge < -0.3 is 14.6 Å². The molecular formula is C22H19FN2O3. The van der Waals surface area contributed by atoms with Crippen molar-refractivity contribution in [2.45, 2.75) is 19.8 Å². The van der Waals surface area contributed by atoms with Crippen LogP contribution in [0.2, 0.25) is 0 Å². The molecule has 0 atom stereocenters. The number of halogens is 1. The molecule has 1 aromatic heterocycles. The van der Waals surface area contributed by atoms with E-state index in [2.05, 4.69) is 5.32 Å². The minimum atomic E-state index is -0.399. The van der Waals surface area contributed by atoms with Gasteiger partial charge in [0.2, 0.25) is 0 Å². The molecule has 0 saturated heterocycles. The van der Waals surface area contributed by atoms with Crippen LogP contribution < -0.4 is 10.2 Å². The Morgan fingerprint density at radius 2 is 2.00 bits per heavy atom. The number of hydrogen-bond donors (Lipinski definition) is 1. The van der Waals surface area contributed by atoms with Crippen molar-refractivity contribution in [1.82, 2.24) is 0 Å². The number of nitrogens with one attached hydrogen (secondary N) is 1. The fourth-order valence-electron chi connectivity index (χ4n) is 3.44. The second-order valence-corrected chi connectivity index (χ2v) is 6.77. The van der Waals surface area contributed by atoms with E-state index in [1.807, 2.05) is 13.0 Å². The largest absolute Gasteiger partial charge is 0.459 e. The molecule has 0 saturated carbocycles. The molecule has 2 heterocycles. The fourth-order valence-corrected chi connectivity index (χ4v) is 3.44. The summed E-state index contributed by atoms with van der Waals surface area (Å²) in [5.74, 6) is -0.904. The second-order valence-electron chi connectivity index (χ2n) is 6.77. The van der Waals surface area contributed by atoms with Crippen molar-refractivity contribution >= 4 is 23.2 Å². The predicted molar refractivity (Wildman–Crippen MR) is 104 cm³/mol. The van der Waals surface area contributed by atoms with Crippen LogP contribution in [0.25, 0.3) is 0 Å². The smallest absolute Gasteiger partial charge is 0.291 e. The highest BCUT2D eigenvalue weighted by atomic mass is 19.1. The van der Waals surface area contributed by atoms with Crippen LogP contribution in [0.3, 0.4) is 0 Å². The van der Waals surface area contributed by atoms with E-state index >= 15 is 0 Å². The number of rotatable bonds is 3. The molecule has 5 nitrogen and oxygen atoms in total. The lowest BCUT2D eigenvalue weighted by Gasteiger charge is -2.30. The van der Waals surface area contributed by atoms with Gasteiger partial charge in [0.05, 0.1) is 12.0 Å². The van der Waals surface area contributed by atoms with Gasteiger partial charge in [-0.2, -0.15) is 0 Å². The van der Waals surface area contributed by atoms with Crippen molar-refractivity contribution < 1.29 is 18.4 Å². The van der Waals surface area contributed by atoms with Gasteiger partial charge in [-0.1, -0.05) is 18.2 Å². The normalized spacial score (nSPS) is 13.1. The van der Waals surface area contributed by atoms with Crippen LogP contribution in [-0.4, -0.2) is 18.4 Å². The summed E-state index contributed by atoms with van der Waals surface area (Å²) in [7, 11) is 0. The van der Waals surface area contributed by atoms with Crippen molar-refractivity contribution in [2.24, 2.45) is 0 Å². The molecule has 4 rings (SSSR count). The van der Waals surface area contributed by atoms with Crippen molar-refractivity contribution in [3.05, 3.63) is 83.1 Å². The molecule has 0 radical (unpaired) electrons. The van der Waals surface area contributed by atoms with E-state index in [0.717, 1.165) is 24.0 Å². The summed E-state index contributed by atoms with van der Waals surface area (Å²) in [6.45, 7) is 2.29. The Morgan fingerprint density at radius 3 is 2.79 bits per heavy atom. The maximum atomic E-state index is 14.4. The number of carbonyl (C=O) groups is 2. The van der Waals surface area contributed by atoms with E-state index in [-0.39, 0.29) is 11.7 Å². The molecule has 1 N–H and O–H groups in total. The van der Waals surface area contributed by atoms with Gasteiger partial charge in [0.1, 0.15) is 5.82 Å². The van der Waals surface area contributed by atoms with Crippen molar-refractivity contribution in [2.75, 3.05) is 16.8 Å². The summed E-state index contributed by atoms with van der Waals surface area (Å²) in [6.07, 6.45) is 2.94. The van der Waals surface area contributed by atoms with Gasteiger partial charge in [0.25, 0.3) is 11.8 Å². The molecule has 2 amide bonds. The summed E-state index contributed by atoms with van der Waals surface area (Å²) >= 11 is 0. The zero-order valence-corrected chi connectivity index (χ0v) is 15.4. The first-order valence-corrected chi connectivity index (χ1v) is 9.09. The highest BCUT2D eigenvalue weighted by Crippen LogP contribution is 2.31. The Morgan fingerprint density at radius 1 is 1.14 bits per heavy atom. The Kier molecular flexibility index (Phi) is 4.69. The maximum Gasteiger partial charge on any atom is 0.291 e. The molecule has 0 aliphatic carbocycles. The highest BCUT2D eigenvalue weighted by Gasteiger charge is 2.26. The van der Waals surface area contributed by atoms with Gasteiger partial charge in [-0.25, -0.2) is 4.39 Å². The minimum absolute atomic E-state index is 0.183. The summed E-state index contributed by atoms with van der Waals surface area (Å²) < 4.78 is 19.5. The van der Waals surface area contributed by atoms with Crippen LogP contribution >= 0.6 is 0 Å². The molecule has 3 aromatic rings. The summed E-state index contributed by atoms with van der Waals surface area (Å²) in [5, 5.41) is 2.76. The van der Waals surface area contributed by atoms with Crippen LogP contribution in [0, 0.1) is 12.7 Å². The van der Waals surface area contributed by atoms with Crippen molar-refractivity contribution in [3.8, 4) is 0 Å². The number of carbonyl (C=O) groups excluding carboxylic acids is 2. The van der Waals surface area contributed by atoms with Gasteiger partial charge in [-0.05, 0) is 61.2 Å². The number of anilines is 2. The number of nitrogens with zero attached hydrogens (tertiary/aromatic N) is 1. The van der Waals surface area contributed by atoms with E-state index in [4.69, 9.17) is 4.42 Å². The van der Waals surface area contributed by atoms with Gasteiger partial charge in [-0.3, -0.25) is 9.59 Å². The summed E-state index contributed by atoms with van der Waals surface area (Å²) in [5.41, 5.74) is 2.88. The van der Waals surface area contributed by atoms with Crippen LogP contribution in [0.5, 0.6) is 0 Å². The van der Waals surface area contributed by atoms with E-state index in [0.29, 0.717) is 23.5 Å². The molecule has 6 heteroatoms. The summed E-state index contributed by atoms with van der Waals surface area (Å²) in [4.78, 5) is 26.9. The Bertz CT molecular complexity index is 1040. The number of hydrogen-bond acceptors (Lipinski definition) is 3. The first-order valence-electron chi connectivity index (χ1n) is 9.09. The molecule has 1 aliphatic rings. The molecule has 0 spiro atoms. The second kappa shape index (κ2) is 7.31. The number of aryl methyl sites for hydroxylation is 2. The number of benzene rings is 2. The molecule has 28 heavy (non-hydrogen) atoms. The van der Waals surface area contributed by atoms with Crippen LogP contribution in [-0.2, 0) is 6.42 Å². The van der Waals surface area contributed by atoms with Crippen molar-refractivity contribution in [1.29, 1.82) is 0 Å². The molecule has 142 valence electrons. The quantitative estimate of drug-likeness (QED) is 0.726. The standard InChI is InChI=1S/C22H19FN2O3/c1-14-9-10-16(13-18(14)24-21(26)19-8-4-12-28-19)22(27)25-11-3-6-15-5-2-7-17(23)20(15)25/h2,4-5,7-10,12-13H,3,6,11H2,1H3,(H,24,26). The molecule has 1 aliphatic heterocycles. The van der Waals surface area contributed by atoms with Crippen LogP contribution in [0.4, 0.5) is 15.8 Å². The topological polar surface area (TPSA) is 62.6 Å². The lowest BCUT2D eigenvalue weighted by molar-refractivity contribution is 0.0979. The monoisotopic (exact) mass is 378 g/mol. The van der Waals surface area contributed by atoms with Gasteiger partial charge in [0, 0.05) is 17.8 Å². The number of furan rings is 1. The number of para-hydroxylation sites is 1. The van der Waals surface area contributed by atoms with E-state index in [1.165, 1.54) is 17.2 Å². The van der Waals surface area contributed by atoms with E-state index in [9.17, 15) is 14.0 Å². The molecule has 0 bridgehead atoms. The lowest BCUT2D eigenvalue weighted by Crippen LogP contribution is -2.36. The third kappa shape index (κ3) is 3.29. The molecular weight excluding hydrogens is 359 g/mol. The Balaban J connectivity index is 1.64. The number of fused-ring (bicyclic) bond motifs is 1. The third-order valence-electron chi connectivity index (χ3n) is 4.89. The van der Waals surface area contributed by atoms with Gasteiger partial charge in [0.15, 0.2) is 5.76 Å². The van der Waals surface area contributed by atoms with Crippen molar-refractivity contribution in [3.63, 3.8) is 0 Å². The molecule has 0 unspecified atom stereocenters. The molecule has 0 fully saturated rings. The lowest BCUT2D eigenvalue weighted by atomic mass is 10.00. The zero-order valence-electron chi connectivity index (χ0n) is 15.4. The van der Waals surface area contributed by atoms with Gasteiger partial charge >= 0.3 is 0 Å². The number of amides is 2. The minimum Gasteiger partial charge on any atom is -0.459 e. The maximum absolute atomic E-state index is 14.4. The first kappa shape index (κ1) is 18.0. The van der Waals surface area contributed by atoms with Gasteiger partial charge in [-0.15, -0.1) is 0 Å². The fraction of sp³-hybridized carbons (Fsp3) is 0.182. The zero-order chi connectivity index (χ0) is 19.7. The Hall–Kier alpha value is -3.41. The third-order valence-corrected chi connectivity index (χ3v) is 4.89. The highest BCUT2D eigenvalue weighted by molar-refractivity contribution is 6.08. The average Bonchev–Trinajstić information content (AvgIpc) is 3.24. The predicted octanol–water partition coefficient (Wildman–Crippen LogP) is 4.57.